The van der Waals surface area contributed by atoms with E-state index >= 15 is 0 Å². The van der Waals surface area contributed by atoms with Crippen LogP contribution in [0.1, 0.15) is 162 Å². The fourth-order valence-electron chi connectivity index (χ4n) is 15.1. The molecule has 5 atom stereocenters. The number of hydrogen-bond donors (Lipinski definition) is 6. The molecule has 2 saturated carbocycles. The minimum absolute atomic E-state index is 0.0237. The summed E-state index contributed by atoms with van der Waals surface area (Å²) >= 11 is 0. The third-order valence-corrected chi connectivity index (χ3v) is 21.4. The lowest BCUT2D eigenvalue weighted by Gasteiger charge is -2.31. The number of unbranched alkanes of at least 4 members (excludes halogenated alkanes) is 3. The number of benzene rings is 5. The number of nitrogens with zero attached hydrogens (tertiary/aromatic N) is 7. The van der Waals surface area contributed by atoms with E-state index in [-0.39, 0.29) is 115 Å². The SMILES string of the molecule is COc1cc2c(cc1OCCCCCOc1cc3c(cc1OC)C(=O)N1CC4(CC4)C[C@H]1C(O)N3C(=O)OCc1ccc(NC(=O)[C@H](C)NC(=O)[C@@H](NC(=O)CCCCNC(=O)CCC(=O)N3Cc4ccccc4-c4c(nnn4C(C)C)-c4ccccc43)C(C)C)cc1)NC[C@@H]1CC3(CC3)CN1C2=O. The molecule has 2 saturated heterocycles. The van der Waals surface area contributed by atoms with Crippen LogP contribution in [0.4, 0.5) is 27.5 Å². The first-order valence-electron chi connectivity index (χ1n) is 36.5. The van der Waals surface area contributed by atoms with Crippen molar-refractivity contribution in [2.45, 2.75) is 174 Å². The number of methoxy groups -OCH3 is 2. The Kier molecular flexibility index (Phi) is 21.2. The van der Waals surface area contributed by atoms with Crippen LogP contribution >= 0.6 is 0 Å². The third-order valence-electron chi connectivity index (χ3n) is 21.4. The van der Waals surface area contributed by atoms with E-state index in [9.17, 15) is 43.5 Å². The van der Waals surface area contributed by atoms with Gasteiger partial charge in [-0.3, -0.25) is 33.6 Å². The van der Waals surface area contributed by atoms with Gasteiger partial charge in [-0.2, -0.15) is 0 Å². The maximum absolute atomic E-state index is 14.5. The summed E-state index contributed by atoms with van der Waals surface area (Å²) in [6, 6.07) is 26.4. The standard InChI is InChI=1S/C78H94N12O14/c1-46(2)68(83-66(92)21-13-14-32-79-65(91)26-27-67(93)86-42-50-17-9-10-18-53(50)70-69(84-85-90(70)47(3)4)54-19-11-12-20-58(54)86)72(95)81-48(5)71(94)82-51-24-22-49(23-25-51)43-104-76(99)89-59-38-64(62(101-7)36-56(59)74(97)88-45-78(30-31-78)40-60(88)75(89)98)103-34-16-8-15-33-102-63-37-57-55(35-61(63)100-6)73(96)87-44-77(28-29-77)39-52(87)41-80-57/h9-12,17-20,22-25,35-38,46-48,52,60,68,75,80,98H,8,13-16,21,26-34,39-45H2,1-7H3,(H,79,91)(H,81,95)(H,82,94)(H,83,92)/t48-,52-,60-,68-,75?/m0/s1. The molecule has 26 heteroatoms. The van der Waals surface area contributed by atoms with Crippen molar-refractivity contribution in [2.24, 2.45) is 16.7 Å². The number of hydrogen-bond acceptors (Lipinski definition) is 17. The molecule has 8 amide bonds. The molecule has 550 valence electrons. The Morgan fingerprint density at radius 1 is 0.663 bits per heavy atom. The lowest BCUT2D eigenvalue weighted by molar-refractivity contribution is -0.131. The van der Waals surface area contributed by atoms with Crippen molar-refractivity contribution in [2.75, 3.05) is 74.0 Å². The summed E-state index contributed by atoms with van der Waals surface area (Å²) < 4.78 is 31.8. The van der Waals surface area contributed by atoms with Crippen molar-refractivity contribution in [1.82, 2.24) is 40.7 Å². The van der Waals surface area contributed by atoms with E-state index in [0.29, 0.717) is 103 Å². The zero-order valence-electron chi connectivity index (χ0n) is 60.2. The van der Waals surface area contributed by atoms with Gasteiger partial charge in [-0.15, -0.1) is 5.10 Å². The topological polar surface area (TPSA) is 307 Å². The van der Waals surface area contributed by atoms with E-state index in [1.807, 2.05) is 64.2 Å². The summed E-state index contributed by atoms with van der Waals surface area (Å²) in [4.78, 5) is 117. The van der Waals surface area contributed by atoms with Crippen LogP contribution in [-0.4, -0.2) is 161 Å². The minimum Gasteiger partial charge on any atom is -0.493 e. The monoisotopic (exact) mass is 1420 g/mol. The molecule has 1 aromatic heterocycles. The van der Waals surface area contributed by atoms with Gasteiger partial charge >= 0.3 is 6.09 Å². The van der Waals surface area contributed by atoms with E-state index in [4.69, 9.17) is 23.7 Å². The van der Waals surface area contributed by atoms with Crippen molar-refractivity contribution < 1.29 is 67.1 Å². The van der Waals surface area contributed by atoms with Gasteiger partial charge in [0.15, 0.2) is 29.2 Å². The molecule has 0 bridgehead atoms. The predicted octanol–water partition coefficient (Wildman–Crippen LogP) is 9.93. The number of fused-ring (bicyclic) bond motifs is 9. The lowest BCUT2D eigenvalue weighted by Crippen LogP contribution is -2.53. The number of rotatable bonds is 27. The normalized spacial score (nSPS) is 18.9. The molecular weight excluding hydrogens is 1330 g/mol. The largest absolute Gasteiger partial charge is 0.493 e. The summed E-state index contributed by atoms with van der Waals surface area (Å²) in [6.07, 6.45) is 6.32. The third kappa shape index (κ3) is 15.4. The molecular formula is C78H94N12O14. The van der Waals surface area contributed by atoms with Crippen LogP contribution in [0.5, 0.6) is 23.0 Å². The highest BCUT2D eigenvalue weighted by atomic mass is 16.6. The molecule has 6 heterocycles. The second-order valence-electron chi connectivity index (χ2n) is 29.5. The number of carbonyl (C=O) groups is 8. The van der Waals surface area contributed by atoms with Gasteiger partial charge < -0.3 is 70.1 Å². The predicted molar refractivity (Wildman–Crippen MR) is 388 cm³/mol. The van der Waals surface area contributed by atoms with Gasteiger partial charge in [0.05, 0.1) is 73.9 Å². The van der Waals surface area contributed by atoms with Gasteiger partial charge in [0.1, 0.15) is 24.4 Å². The first kappa shape index (κ1) is 72.1. The molecule has 104 heavy (non-hydrogen) atoms. The van der Waals surface area contributed by atoms with Gasteiger partial charge in [0.2, 0.25) is 29.5 Å². The van der Waals surface area contributed by atoms with Crippen LogP contribution in [0.25, 0.3) is 22.5 Å². The highest BCUT2D eigenvalue weighted by Crippen LogP contribution is 2.58. The maximum Gasteiger partial charge on any atom is 0.416 e. The molecule has 6 aromatic rings. The lowest BCUT2D eigenvalue weighted by atomic mass is 9.95. The number of aliphatic hydroxyl groups is 1. The minimum atomic E-state index is -1.45. The van der Waals surface area contributed by atoms with Gasteiger partial charge in [0, 0.05) is 86.5 Å². The first-order valence-corrected chi connectivity index (χ1v) is 36.5. The Morgan fingerprint density at radius 3 is 2.03 bits per heavy atom. The Morgan fingerprint density at radius 2 is 1.33 bits per heavy atom. The van der Waals surface area contributed by atoms with E-state index in [1.54, 1.807) is 73.2 Å². The Bertz CT molecular complexity index is 4260. The Balaban J connectivity index is 0.550. The molecule has 4 fully saturated rings. The molecule has 13 rings (SSSR count). The number of amides is 8. The number of ether oxygens (including phenoxy) is 5. The van der Waals surface area contributed by atoms with Crippen LogP contribution in [-0.2, 0) is 41.9 Å². The fraction of sp³-hybridized carbons (Fsp3) is 0.487. The molecule has 0 radical (unpaired) electrons. The Hall–Kier alpha value is -10.2. The van der Waals surface area contributed by atoms with E-state index in [0.717, 1.165) is 65.2 Å². The van der Waals surface area contributed by atoms with Crippen LogP contribution in [0.15, 0.2) is 97.1 Å². The molecule has 2 aliphatic carbocycles. The molecule has 5 aromatic carbocycles. The second kappa shape index (κ2) is 30.6. The summed E-state index contributed by atoms with van der Waals surface area (Å²) in [5.74, 6) is -0.994. The van der Waals surface area contributed by atoms with Gasteiger partial charge in [0.25, 0.3) is 11.8 Å². The van der Waals surface area contributed by atoms with Crippen molar-refractivity contribution in [3.63, 3.8) is 0 Å². The number of carbonyl (C=O) groups excluding carboxylic acids is 8. The number of anilines is 4. The fourth-order valence-corrected chi connectivity index (χ4v) is 15.1. The maximum atomic E-state index is 14.5. The average molecular weight is 1420 g/mol. The van der Waals surface area contributed by atoms with E-state index < -0.39 is 42.3 Å². The summed E-state index contributed by atoms with van der Waals surface area (Å²) in [6.45, 7) is 12.1. The summed E-state index contributed by atoms with van der Waals surface area (Å²) in [5, 5.41) is 36.0. The van der Waals surface area contributed by atoms with Crippen LogP contribution < -0.4 is 55.3 Å². The highest BCUT2D eigenvalue weighted by molar-refractivity contribution is 6.07. The van der Waals surface area contributed by atoms with Crippen molar-refractivity contribution in [3.8, 4) is 45.5 Å². The smallest absolute Gasteiger partial charge is 0.416 e. The van der Waals surface area contributed by atoms with Gasteiger partial charge in [-0.25, -0.2) is 14.4 Å². The highest BCUT2D eigenvalue weighted by Gasteiger charge is 2.58. The molecule has 1 unspecified atom stereocenters. The quantitative estimate of drug-likeness (QED) is 0.0261. The van der Waals surface area contributed by atoms with Gasteiger partial charge in [-0.05, 0) is 150 Å². The van der Waals surface area contributed by atoms with Crippen molar-refractivity contribution in [1.29, 1.82) is 0 Å². The molecule has 6 N–H and O–H groups in total. The molecule has 5 aliphatic heterocycles. The Labute approximate surface area is 605 Å². The average Bonchev–Trinajstić information content (AvgIpc) is 1.57. The van der Waals surface area contributed by atoms with E-state index in [2.05, 4.69) is 50.7 Å². The van der Waals surface area contributed by atoms with Crippen molar-refractivity contribution in [3.05, 3.63) is 119 Å². The van der Waals surface area contributed by atoms with Crippen LogP contribution in [0.3, 0.4) is 0 Å². The number of nitrogens with one attached hydrogen (secondary N) is 5. The zero-order chi connectivity index (χ0) is 73.1. The van der Waals surface area contributed by atoms with Crippen molar-refractivity contribution >= 4 is 70.2 Å². The molecule has 7 aliphatic rings. The van der Waals surface area contributed by atoms with E-state index in [1.165, 1.54) is 26.9 Å². The summed E-state index contributed by atoms with van der Waals surface area (Å²) in [5.41, 5.74) is 7.62. The summed E-state index contributed by atoms with van der Waals surface area (Å²) in [7, 11) is 3.04. The molecule has 26 nitrogen and oxygen atoms in total. The number of para-hydroxylation sites is 1. The first-order chi connectivity index (χ1) is 50.1. The van der Waals surface area contributed by atoms with Crippen LogP contribution in [0, 0.1) is 16.7 Å². The number of aromatic nitrogens is 3. The zero-order valence-corrected chi connectivity index (χ0v) is 60.2. The van der Waals surface area contributed by atoms with Crippen LogP contribution in [0.2, 0.25) is 0 Å². The number of aliphatic hydroxyl groups excluding tert-OH is 1. The van der Waals surface area contributed by atoms with Gasteiger partial charge in [-0.1, -0.05) is 73.7 Å². The second-order valence-corrected chi connectivity index (χ2v) is 29.5. The molecule has 2 spiro atoms.